The third kappa shape index (κ3) is 7.33. The number of nitrogens with zero attached hydrogens (tertiary/aromatic N) is 1. The van der Waals surface area contributed by atoms with Crippen LogP contribution in [0.3, 0.4) is 0 Å². The van der Waals surface area contributed by atoms with E-state index in [0.717, 1.165) is 0 Å². The van der Waals surface area contributed by atoms with Gasteiger partial charge in [-0.3, -0.25) is 14.9 Å². The van der Waals surface area contributed by atoms with E-state index in [2.05, 4.69) is 40.4 Å². The number of thiocarbonyl (C=S) groups is 1. The molecule has 8 heteroatoms. The summed E-state index contributed by atoms with van der Waals surface area (Å²) in [4.78, 5) is 26.6. The van der Waals surface area contributed by atoms with E-state index in [-0.39, 0.29) is 16.9 Å². The van der Waals surface area contributed by atoms with Gasteiger partial charge in [-0.05, 0) is 90.4 Å². The predicted molar refractivity (Wildman–Crippen MR) is 132 cm³/mol. The molecule has 166 valence electrons. The average molecular weight is 506 g/mol. The fourth-order valence-electron chi connectivity index (χ4n) is 2.74. The summed E-state index contributed by atoms with van der Waals surface area (Å²) in [6, 6.07) is 12.1. The predicted octanol–water partition coefficient (Wildman–Crippen LogP) is 5.09. The molecule has 0 saturated heterocycles. The Balaban J connectivity index is 1.95. The van der Waals surface area contributed by atoms with Crippen molar-refractivity contribution in [3.8, 4) is 5.75 Å². The summed E-state index contributed by atoms with van der Waals surface area (Å²) < 4.78 is 6.41. The average Bonchev–Trinajstić information content (AvgIpc) is 2.73. The number of rotatable bonds is 8. The first-order chi connectivity index (χ1) is 14.7. The van der Waals surface area contributed by atoms with Crippen molar-refractivity contribution >= 4 is 50.8 Å². The molecule has 0 saturated carbocycles. The number of nitrogens with one attached hydrogen (secondary N) is 2. The van der Waals surface area contributed by atoms with Gasteiger partial charge in [0.15, 0.2) is 5.11 Å². The molecule has 0 radical (unpaired) electrons. The highest BCUT2D eigenvalue weighted by Crippen LogP contribution is 2.26. The van der Waals surface area contributed by atoms with Crippen LogP contribution in [0.5, 0.6) is 5.75 Å². The SMILES string of the molecule is CCN(CC)C(=O)c1ccc(NC(=S)NC(=O)c2ccc(OCC(C)C)c(Br)c2)cc1. The number of halogens is 1. The Morgan fingerprint density at radius 2 is 1.68 bits per heavy atom. The van der Waals surface area contributed by atoms with Crippen LogP contribution < -0.4 is 15.4 Å². The molecule has 0 aliphatic carbocycles. The lowest BCUT2D eigenvalue weighted by atomic mass is 10.2. The van der Waals surface area contributed by atoms with Gasteiger partial charge < -0.3 is 15.0 Å². The van der Waals surface area contributed by atoms with Gasteiger partial charge >= 0.3 is 0 Å². The summed E-state index contributed by atoms with van der Waals surface area (Å²) in [5.74, 6) is 0.744. The number of hydrogen-bond acceptors (Lipinski definition) is 4. The minimum Gasteiger partial charge on any atom is -0.492 e. The zero-order valence-electron chi connectivity index (χ0n) is 18.2. The highest BCUT2D eigenvalue weighted by Gasteiger charge is 2.13. The van der Waals surface area contributed by atoms with Gasteiger partial charge in [0.1, 0.15) is 5.75 Å². The van der Waals surface area contributed by atoms with Crippen LogP contribution in [0.4, 0.5) is 5.69 Å². The molecule has 0 atom stereocenters. The summed E-state index contributed by atoms with van der Waals surface area (Å²) in [7, 11) is 0. The van der Waals surface area contributed by atoms with Crippen molar-refractivity contribution in [1.29, 1.82) is 0 Å². The van der Waals surface area contributed by atoms with Crippen molar-refractivity contribution in [2.75, 3.05) is 25.0 Å². The lowest BCUT2D eigenvalue weighted by Gasteiger charge is -2.18. The molecule has 0 fully saturated rings. The van der Waals surface area contributed by atoms with Crippen LogP contribution in [0.15, 0.2) is 46.9 Å². The molecular formula is C23H28BrN3O3S. The first-order valence-electron chi connectivity index (χ1n) is 10.2. The maximum absolute atomic E-state index is 12.5. The number of carbonyl (C=O) groups excluding carboxylic acids is 2. The lowest BCUT2D eigenvalue weighted by Crippen LogP contribution is -2.34. The third-order valence-corrected chi connectivity index (χ3v) is 5.26. The molecule has 0 aromatic heterocycles. The van der Waals surface area contributed by atoms with E-state index in [1.54, 1.807) is 47.4 Å². The zero-order chi connectivity index (χ0) is 23.0. The van der Waals surface area contributed by atoms with Crippen molar-refractivity contribution in [1.82, 2.24) is 10.2 Å². The van der Waals surface area contributed by atoms with Gasteiger partial charge in [-0.1, -0.05) is 13.8 Å². The van der Waals surface area contributed by atoms with Gasteiger partial charge in [0.25, 0.3) is 11.8 Å². The monoisotopic (exact) mass is 505 g/mol. The van der Waals surface area contributed by atoms with Crippen molar-refractivity contribution in [2.45, 2.75) is 27.7 Å². The molecule has 0 bridgehead atoms. The largest absolute Gasteiger partial charge is 0.492 e. The van der Waals surface area contributed by atoms with E-state index < -0.39 is 0 Å². The first-order valence-corrected chi connectivity index (χ1v) is 11.4. The Hall–Kier alpha value is -2.45. The second kappa shape index (κ2) is 11.8. The maximum Gasteiger partial charge on any atom is 0.257 e. The molecule has 2 aromatic carbocycles. The Labute approximate surface area is 197 Å². The quantitative estimate of drug-likeness (QED) is 0.488. The Bertz CT molecular complexity index is 928. The highest BCUT2D eigenvalue weighted by molar-refractivity contribution is 9.10. The minimum atomic E-state index is -0.332. The Morgan fingerprint density at radius 3 is 2.23 bits per heavy atom. The number of hydrogen-bond donors (Lipinski definition) is 2. The molecule has 0 spiro atoms. The van der Waals surface area contributed by atoms with E-state index in [0.29, 0.717) is 52.7 Å². The number of amides is 2. The summed E-state index contributed by atoms with van der Waals surface area (Å²) in [5.41, 5.74) is 1.74. The molecule has 31 heavy (non-hydrogen) atoms. The lowest BCUT2D eigenvalue weighted by molar-refractivity contribution is 0.0772. The maximum atomic E-state index is 12.5. The van der Waals surface area contributed by atoms with Crippen molar-refractivity contribution < 1.29 is 14.3 Å². The normalized spacial score (nSPS) is 10.5. The molecule has 6 nitrogen and oxygen atoms in total. The van der Waals surface area contributed by atoms with Crippen LogP contribution in [0.2, 0.25) is 0 Å². The molecule has 0 heterocycles. The van der Waals surface area contributed by atoms with E-state index in [1.165, 1.54) is 0 Å². The Kier molecular flexibility index (Phi) is 9.45. The van der Waals surface area contributed by atoms with Gasteiger partial charge in [0, 0.05) is 29.9 Å². The standard InChI is InChI=1S/C23H28BrN3O3S/c1-5-27(6-2)22(29)16-7-10-18(11-8-16)25-23(31)26-21(28)17-9-12-20(19(24)13-17)30-14-15(3)4/h7-13,15H,5-6,14H2,1-4H3,(H2,25,26,28,31). The molecule has 2 N–H and O–H groups in total. The fraction of sp³-hybridized carbons (Fsp3) is 0.348. The summed E-state index contributed by atoms with van der Waals surface area (Å²) in [6.45, 7) is 9.95. The van der Waals surface area contributed by atoms with Crippen LogP contribution >= 0.6 is 28.1 Å². The Morgan fingerprint density at radius 1 is 1.06 bits per heavy atom. The zero-order valence-corrected chi connectivity index (χ0v) is 20.6. The molecule has 2 amide bonds. The number of anilines is 1. The number of carbonyl (C=O) groups is 2. The van der Waals surface area contributed by atoms with E-state index in [9.17, 15) is 9.59 Å². The topological polar surface area (TPSA) is 70.7 Å². The molecular weight excluding hydrogens is 478 g/mol. The van der Waals surface area contributed by atoms with Gasteiger partial charge in [-0.15, -0.1) is 0 Å². The van der Waals surface area contributed by atoms with Crippen molar-refractivity contribution in [3.05, 3.63) is 58.1 Å². The number of ether oxygens (including phenoxy) is 1. The molecule has 2 rings (SSSR count). The van der Waals surface area contributed by atoms with Crippen molar-refractivity contribution in [2.24, 2.45) is 5.92 Å². The second-order valence-corrected chi connectivity index (χ2v) is 8.58. The fourth-order valence-corrected chi connectivity index (χ4v) is 3.45. The van der Waals surface area contributed by atoms with Crippen LogP contribution in [-0.2, 0) is 0 Å². The van der Waals surface area contributed by atoms with Gasteiger partial charge in [-0.25, -0.2) is 0 Å². The smallest absolute Gasteiger partial charge is 0.257 e. The van der Waals surface area contributed by atoms with E-state index in [1.807, 2.05) is 13.8 Å². The van der Waals surface area contributed by atoms with Crippen molar-refractivity contribution in [3.63, 3.8) is 0 Å². The molecule has 0 unspecified atom stereocenters. The van der Waals surface area contributed by atoms with Gasteiger partial charge in [-0.2, -0.15) is 0 Å². The van der Waals surface area contributed by atoms with Gasteiger partial charge in [0.05, 0.1) is 11.1 Å². The van der Waals surface area contributed by atoms with Crippen LogP contribution in [0.1, 0.15) is 48.4 Å². The highest BCUT2D eigenvalue weighted by atomic mass is 79.9. The summed E-state index contributed by atoms with van der Waals surface area (Å²) >= 11 is 8.69. The molecule has 2 aromatic rings. The first kappa shape index (κ1) is 24.8. The molecule has 0 aliphatic heterocycles. The summed E-state index contributed by atoms with van der Waals surface area (Å²) in [5, 5.41) is 5.79. The van der Waals surface area contributed by atoms with Crippen LogP contribution in [0.25, 0.3) is 0 Å². The second-order valence-electron chi connectivity index (χ2n) is 7.31. The minimum absolute atomic E-state index is 0.0150. The number of benzene rings is 2. The van der Waals surface area contributed by atoms with Crippen LogP contribution in [0, 0.1) is 5.92 Å². The van der Waals surface area contributed by atoms with E-state index in [4.69, 9.17) is 17.0 Å². The van der Waals surface area contributed by atoms with Gasteiger partial charge in [0.2, 0.25) is 0 Å². The third-order valence-electron chi connectivity index (χ3n) is 4.43. The van der Waals surface area contributed by atoms with Crippen LogP contribution in [-0.4, -0.2) is 41.5 Å². The van der Waals surface area contributed by atoms with E-state index >= 15 is 0 Å². The molecule has 0 aliphatic rings. The summed E-state index contributed by atoms with van der Waals surface area (Å²) in [6.07, 6.45) is 0.